The summed E-state index contributed by atoms with van der Waals surface area (Å²) < 4.78 is 71.1. The first kappa shape index (κ1) is 24.6. The predicted octanol–water partition coefficient (Wildman–Crippen LogP) is 6.14. The van der Waals surface area contributed by atoms with Crippen molar-refractivity contribution < 1.29 is 26.7 Å². The van der Waals surface area contributed by atoms with Crippen LogP contribution in [0.25, 0.3) is 5.65 Å². The molecule has 0 aliphatic carbocycles. The molecule has 0 atom stereocenters. The van der Waals surface area contributed by atoms with Gasteiger partial charge in [0.1, 0.15) is 16.5 Å². The lowest BCUT2D eigenvalue weighted by Crippen LogP contribution is -2.10. The fourth-order valence-corrected chi connectivity index (χ4v) is 4.54. The number of hydrogen-bond donors (Lipinski definition) is 1. The average Bonchev–Trinajstić information content (AvgIpc) is 3.03. The van der Waals surface area contributed by atoms with E-state index in [9.17, 15) is 22.0 Å². The van der Waals surface area contributed by atoms with Gasteiger partial charge in [0, 0.05) is 18.0 Å². The zero-order valence-corrected chi connectivity index (χ0v) is 20.0. The van der Waals surface area contributed by atoms with Crippen LogP contribution in [0.2, 0.25) is 0 Å². The Hall–Kier alpha value is -2.02. The number of nitrogens with one attached hydrogen (secondary N) is 1. The number of rotatable bonds is 6. The van der Waals surface area contributed by atoms with Gasteiger partial charge in [0.2, 0.25) is 0 Å². The maximum atomic E-state index is 13.1. The van der Waals surface area contributed by atoms with Gasteiger partial charge >= 0.3 is 12.1 Å². The standard InChI is InChI=1S/C20H16BrF5N3OPS/c1-31(2)12-7-8-14(16(11-12)30-19(22)23)27-9-3-6-15-18(32-20(24,25)26)29-10-4-5-13(21)17(29)28-15/h4-5,7-8,10-11,19,27H,9H2,1-2H3. The molecule has 4 nitrogen and oxygen atoms in total. The van der Waals surface area contributed by atoms with E-state index in [4.69, 9.17) is 0 Å². The number of hydrogen-bond acceptors (Lipinski definition) is 4. The van der Waals surface area contributed by atoms with Crippen molar-refractivity contribution in [3.8, 4) is 17.6 Å². The fraction of sp³-hybridized carbons (Fsp3) is 0.250. The minimum atomic E-state index is -4.52. The van der Waals surface area contributed by atoms with Gasteiger partial charge in [0.15, 0.2) is 5.65 Å². The van der Waals surface area contributed by atoms with Crippen molar-refractivity contribution >= 4 is 52.3 Å². The van der Waals surface area contributed by atoms with Crippen LogP contribution >= 0.6 is 35.6 Å². The number of aromatic nitrogens is 2. The van der Waals surface area contributed by atoms with E-state index in [1.165, 1.54) is 10.6 Å². The Kier molecular flexibility index (Phi) is 7.91. The molecular weight excluding hydrogens is 536 g/mol. The molecule has 0 saturated heterocycles. The summed E-state index contributed by atoms with van der Waals surface area (Å²) in [6.45, 7) is 0.963. The first-order chi connectivity index (χ1) is 15.0. The van der Waals surface area contributed by atoms with Gasteiger partial charge in [-0.05, 0) is 64.8 Å². The van der Waals surface area contributed by atoms with Gasteiger partial charge in [-0.1, -0.05) is 19.9 Å². The molecule has 1 aromatic carbocycles. The highest BCUT2D eigenvalue weighted by Crippen LogP contribution is 2.39. The van der Waals surface area contributed by atoms with E-state index in [-0.39, 0.29) is 34.8 Å². The summed E-state index contributed by atoms with van der Waals surface area (Å²) in [4.78, 5) is 4.20. The summed E-state index contributed by atoms with van der Waals surface area (Å²) in [5.41, 5.74) is -3.95. The third-order valence-corrected chi connectivity index (χ3v) is 6.79. The zero-order valence-electron chi connectivity index (χ0n) is 16.7. The molecule has 32 heavy (non-hydrogen) atoms. The summed E-state index contributed by atoms with van der Waals surface area (Å²) in [5.74, 6) is 5.33. The van der Waals surface area contributed by atoms with Crippen LogP contribution in [0.1, 0.15) is 5.69 Å². The van der Waals surface area contributed by atoms with E-state index in [0.29, 0.717) is 15.8 Å². The van der Waals surface area contributed by atoms with Gasteiger partial charge in [-0.3, -0.25) is 4.40 Å². The number of alkyl halides is 5. The molecule has 0 unspecified atom stereocenters. The van der Waals surface area contributed by atoms with Crippen molar-refractivity contribution in [3.63, 3.8) is 0 Å². The molecule has 0 amide bonds. The number of halogens is 6. The van der Waals surface area contributed by atoms with Crippen molar-refractivity contribution in [2.75, 3.05) is 25.2 Å². The van der Waals surface area contributed by atoms with Crippen LogP contribution in [0, 0.1) is 11.8 Å². The molecule has 170 valence electrons. The van der Waals surface area contributed by atoms with Crippen LogP contribution in [0.4, 0.5) is 27.6 Å². The second kappa shape index (κ2) is 10.3. The largest absolute Gasteiger partial charge is 0.447 e. The Balaban J connectivity index is 1.85. The van der Waals surface area contributed by atoms with Crippen LogP contribution in [0.5, 0.6) is 5.75 Å². The highest BCUT2D eigenvalue weighted by atomic mass is 79.9. The number of benzene rings is 1. The minimum absolute atomic E-state index is 0.0134. The number of anilines is 1. The van der Waals surface area contributed by atoms with Crippen LogP contribution < -0.4 is 15.4 Å². The molecule has 0 fully saturated rings. The molecule has 0 aliphatic heterocycles. The molecule has 2 aromatic heterocycles. The first-order valence-electron chi connectivity index (χ1n) is 8.96. The number of fused-ring (bicyclic) bond motifs is 1. The van der Waals surface area contributed by atoms with Gasteiger partial charge in [0.25, 0.3) is 0 Å². The topological polar surface area (TPSA) is 38.6 Å². The van der Waals surface area contributed by atoms with E-state index in [1.807, 2.05) is 13.3 Å². The molecule has 1 N–H and O–H groups in total. The number of imidazole rings is 1. The smallest absolute Gasteiger partial charge is 0.433 e. The predicted molar refractivity (Wildman–Crippen MR) is 122 cm³/mol. The Bertz CT molecular complexity index is 1170. The van der Waals surface area contributed by atoms with Crippen molar-refractivity contribution in [3.05, 3.63) is 46.7 Å². The Morgan fingerprint density at radius 1 is 1.28 bits per heavy atom. The normalized spacial score (nSPS) is 11.7. The van der Waals surface area contributed by atoms with E-state index in [0.717, 1.165) is 5.30 Å². The van der Waals surface area contributed by atoms with Crippen LogP contribution in [-0.2, 0) is 0 Å². The summed E-state index contributed by atoms with van der Waals surface area (Å²) in [7, 11) is -0.513. The number of thioether (sulfide) groups is 1. The lowest BCUT2D eigenvalue weighted by atomic mass is 10.3. The molecule has 2 heterocycles. The molecule has 3 rings (SSSR count). The van der Waals surface area contributed by atoms with Crippen molar-refractivity contribution in [1.82, 2.24) is 9.38 Å². The number of pyridine rings is 1. The highest BCUT2D eigenvalue weighted by molar-refractivity contribution is 9.10. The Morgan fingerprint density at radius 3 is 2.69 bits per heavy atom. The zero-order chi connectivity index (χ0) is 23.5. The van der Waals surface area contributed by atoms with Crippen LogP contribution in [0.3, 0.4) is 0 Å². The third-order valence-electron chi connectivity index (χ3n) is 4.04. The second-order valence-corrected chi connectivity index (χ2v) is 10.7. The summed E-state index contributed by atoms with van der Waals surface area (Å²) in [5, 5.41) is 3.60. The summed E-state index contributed by atoms with van der Waals surface area (Å²) >= 11 is 2.97. The molecule has 0 bridgehead atoms. The van der Waals surface area contributed by atoms with E-state index >= 15 is 0 Å². The van der Waals surface area contributed by atoms with E-state index in [1.54, 1.807) is 30.3 Å². The molecule has 0 spiro atoms. The van der Waals surface area contributed by atoms with Gasteiger partial charge < -0.3 is 10.1 Å². The molecule has 0 aliphatic rings. The molecule has 0 saturated carbocycles. The van der Waals surface area contributed by atoms with E-state index in [2.05, 4.69) is 42.8 Å². The number of nitrogens with zero attached hydrogens (tertiary/aromatic N) is 2. The maximum Gasteiger partial charge on any atom is 0.447 e. The lowest BCUT2D eigenvalue weighted by Gasteiger charge is -2.14. The van der Waals surface area contributed by atoms with Gasteiger partial charge in [0.05, 0.1) is 16.7 Å². The van der Waals surface area contributed by atoms with Crippen LogP contribution in [-0.4, -0.2) is 41.4 Å². The second-order valence-electron chi connectivity index (χ2n) is 6.47. The number of ether oxygens (including phenoxy) is 1. The average molecular weight is 552 g/mol. The Labute approximate surface area is 194 Å². The molecular formula is C20H16BrF5N3OPS. The third kappa shape index (κ3) is 6.27. The van der Waals surface area contributed by atoms with Crippen molar-refractivity contribution in [2.45, 2.75) is 17.1 Å². The summed E-state index contributed by atoms with van der Waals surface area (Å²) in [6.07, 6.45) is 1.47. The minimum Gasteiger partial charge on any atom is -0.433 e. The van der Waals surface area contributed by atoms with Crippen LogP contribution in [0.15, 0.2) is 46.0 Å². The van der Waals surface area contributed by atoms with Crippen molar-refractivity contribution in [2.24, 2.45) is 0 Å². The van der Waals surface area contributed by atoms with Gasteiger partial charge in [-0.15, -0.1) is 0 Å². The SMILES string of the molecule is CP(C)c1ccc(NCC#Cc2nc3c(Br)cccn3c2SC(F)(F)F)c(OC(F)F)c1. The molecule has 12 heteroatoms. The highest BCUT2D eigenvalue weighted by Gasteiger charge is 2.33. The molecule has 3 aromatic rings. The van der Waals surface area contributed by atoms with Gasteiger partial charge in [-0.25, -0.2) is 4.98 Å². The van der Waals surface area contributed by atoms with Gasteiger partial charge in [-0.2, -0.15) is 22.0 Å². The van der Waals surface area contributed by atoms with E-state index < -0.39 is 20.0 Å². The lowest BCUT2D eigenvalue weighted by molar-refractivity contribution is -0.0493. The molecule has 0 radical (unpaired) electrons. The maximum absolute atomic E-state index is 13.1. The summed E-state index contributed by atoms with van der Waals surface area (Å²) in [6, 6.07) is 8.22. The Morgan fingerprint density at radius 2 is 2.03 bits per heavy atom. The fourth-order valence-electron chi connectivity index (χ4n) is 2.70. The van der Waals surface area contributed by atoms with Crippen molar-refractivity contribution in [1.29, 1.82) is 0 Å². The monoisotopic (exact) mass is 551 g/mol. The first-order valence-corrected chi connectivity index (χ1v) is 12.8. The quantitative estimate of drug-likeness (QED) is 0.173.